The van der Waals surface area contributed by atoms with Gasteiger partial charge in [-0.05, 0) is 50.7 Å². The van der Waals surface area contributed by atoms with Crippen molar-refractivity contribution in [2.24, 2.45) is 0 Å². The third kappa shape index (κ3) is 3.45. The van der Waals surface area contributed by atoms with Gasteiger partial charge in [0.25, 0.3) is 0 Å². The standard InChI is InChI=1S/C20H28N6O2/c27-19(14-16-4-3-13-28-16)25-11-7-15(8-12-25)20-22-21-17-5-6-18(23-26(17)20)24-9-1-2-10-24/h5-6,15-16H,1-4,7-14H2. The summed E-state index contributed by atoms with van der Waals surface area (Å²) in [6, 6.07) is 4.06. The lowest BCUT2D eigenvalue weighted by Gasteiger charge is -2.31. The van der Waals surface area contributed by atoms with Crippen molar-refractivity contribution >= 4 is 17.4 Å². The maximum Gasteiger partial charge on any atom is 0.225 e. The van der Waals surface area contributed by atoms with Gasteiger partial charge in [-0.15, -0.1) is 15.3 Å². The van der Waals surface area contributed by atoms with Crippen LogP contribution in [0.1, 0.15) is 56.7 Å². The van der Waals surface area contributed by atoms with E-state index in [0.29, 0.717) is 12.3 Å². The van der Waals surface area contributed by atoms with Gasteiger partial charge in [-0.2, -0.15) is 4.52 Å². The Kier molecular flexibility index (Phi) is 4.88. The van der Waals surface area contributed by atoms with Crippen LogP contribution in [0.2, 0.25) is 0 Å². The fourth-order valence-corrected chi connectivity index (χ4v) is 4.68. The monoisotopic (exact) mass is 384 g/mol. The van der Waals surface area contributed by atoms with Gasteiger partial charge in [0, 0.05) is 38.7 Å². The van der Waals surface area contributed by atoms with E-state index in [1.807, 2.05) is 21.5 Å². The van der Waals surface area contributed by atoms with E-state index in [0.717, 1.165) is 75.8 Å². The van der Waals surface area contributed by atoms with Crippen LogP contribution < -0.4 is 4.90 Å². The molecule has 5 rings (SSSR count). The summed E-state index contributed by atoms with van der Waals surface area (Å²) in [5.41, 5.74) is 0.801. The highest BCUT2D eigenvalue weighted by Gasteiger charge is 2.29. The molecule has 3 fully saturated rings. The molecule has 0 bridgehead atoms. The normalized spacial score (nSPS) is 23.8. The number of rotatable bonds is 4. The molecule has 0 N–H and O–H groups in total. The molecule has 0 spiro atoms. The van der Waals surface area contributed by atoms with Crippen molar-refractivity contribution in [3.63, 3.8) is 0 Å². The summed E-state index contributed by atoms with van der Waals surface area (Å²) >= 11 is 0. The van der Waals surface area contributed by atoms with E-state index in [4.69, 9.17) is 9.84 Å². The van der Waals surface area contributed by atoms with E-state index < -0.39 is 0 Å². The first-order chi connectivity index (χ1) is 13.8. The maximum absolute atomic E-state index is 12.5. The number of carbonyl (C=O) groups excluding carboxylic acids is 1. The Morgan fingerprint density at radius 2 is 1.86 bits per heavy atom. The third-order valence-corrected chi connectivity index (χ3v) is 6.34. The molecule has 1 amide bonds. The molecule has 5 heterocycles. The number of ether oxygens (including phenoxy) is 1. The van der Waals surface area contributed by atoms with E-state index in [1.54, 1.807) is 0 Å². The Morgan fingerprint density at radius 3 is 2.61 bits per heavy atom. The van der Waals surface area contributed by atoms with Crippen LogP contribution in [0.4, 0.5) is 5.82 Å². The summed E-state index contributed by atoms with van der Waals surface area (Å²) in [6.45, 7) is 4.49. The molecule has 2 aromatic heterocycles. The van der Waals surface area contributed by atoms with Gasteiger partial charge in [0.1, 0.15) is 5.82 Å². The zero-order valence-corrected chi connectivity index (χ0v) is 16.3. The number of aromatic nitrogens is 4. The molecule has 3 aliphatic rings. The summed E-state index contributed by atoms with van der Waals surface area (Å²) < 4.78 is 7.53. The lowest BCUT2D eigenvalue weighted by molar-refractivity contribution is -0.134. The average molecular weight is 384 g/mol. The van der Waals surface area contributed by atoms with Gasteiger partial charge >= 0.3 is 0 Å². The molecule has 150 valence electrons. The van der Waals surface area contributed by atoms with Crippen LogP contribution in [-0.2, 0) is 9.53 Å². The molecule has 3 saturated heterocycles. The van der Waals surface area contributed by atoms with Gasteiger partial charge in [0.2, 0.25) is 5.91 Å². The molecule has 8 nitrogen and oxygen atoms in total. The highest BCUT2D eigenvalue weighted by Crippen LogP contribution is 2.28. The van der Waals surface area contributed by atoms with Crippen molar-refractivity contribution in [1.29, 1.82) is 0 Å². The predicted molar refractivity (Wildman–Crippen MR) is 104 cm³/mol. The summed E-state index contributed by atoms with van der Waals surface area (Å²) in [5, 5.41) is 13.6. The largest absolute Gasteiger partial charge is 0.378 e. The number of carbonyl (C=O) groups is 1. The Bertz CT molecular complexity index is 832. The molecule has 28 heavy (non-hydrogen) atoms. The van der Waals surface area contributed by atoms with Crippen molar-refractivity contribution in [3.8, 4) is 0 Å². The lowest BCUT2D eigenvalue weighted by Crippen LogP contribution is -2.39. The zero-order valence-electron chi connectivity index (χ0n) is 16.3. The second-order valence-corrected chi connectivity index (χ2v) is 8.21. The van der Waals surface area contributed by atoms with Crippen LogP contribution in [0.3, 0.4) is 0 Å². The molecule has 1 atom stereocenters. The van der Waals surface area contributed by atoms with Crippen molar-refractivity contribution in [2.75, 3.05) is 37.7 Å². The van der Waals surface area contributed by atoms with E-state index in [2.05, 4.69) is 15.1 Å². The van der Waals surface area contributed by atoms with Crippen molar-refractivity contribution in [3.05, 3.63) is 18.0 Å². The molecule has 0 aromatic carbocycles. The van der Waals surface area contributed by atoms with Crippen LogP contribution >= 0.6 is 0 Å². The Morgan fingerprint density at radius 1 is 1.04 bits per heavy atom. The Labute approximate surface area is 164 Å². The molecule has 0 saturated carbocycles. The molecular formula is C20H28N6O2. The molecule has 3 aliphatic heterocycles. The number of fused-ring (bicyclic) bond motifs is 1. The summed E-state index contributed by atoms with van der Waals surface area (Å²) in [6.07, 6.45) is 7.02. The molecule has 1 unspecified atom stereocenters. The minimum absolute atomic E-state index is 0.124. The predicted octanol–water partition coefficient (Wildman–Crippen LogP) is 2.00. The number of anilines is 1. The van der Waals surface area contributed by atoms with Crippen LogP contribution in [-0.4, -0.2) is 69.5 Å². The fourth-order valence-electron chi connectivity index (χ4n) is 4.68. The highest BCUT2D eigenvalue weighted by atomic mass is 16.5. The van der Waals surface area contributed by atoms with Crippen LogP contribution in [0, 0.1) is 0 Å². The first-order valence-electron chi connectivity index (χ1n) is 10.6. The average Bonchev–Trinajstić information content (AvgIpc) is 3.49. The molecular weight excluding hydrogens is 356 g/mol. The SMILES string of the molecule is O=C(CC1CCCO1)N1CCC(c2nnc3ccc(N4CCCC4)nn23)CC1. The molecule has 8 heteroatoms. The first-order valence-corrected chi connectivity index (χ1v) is 10.6. The number of nitrogens with zero attached hydrogens (tertiary/aromatic N) is 6. The zero-order chi connectivity index (χ0) is 18.9. The number of piperidine rings is 1. The Balaban J connectivity index is 1.26. The smallest absolute Gasteiger partial charge is 0.225 e. The first kappa shape index (κ1) is 17.8. The number of hydrogen-bond acceptors (Lipinski definition) is 6. The number of amides is 1. The van der Waals surface area contributed by atoms with E-state index >= 15 is 0 Å². The van der Waals surface area contributed by atoms with Gasteiger partial charge < -0.3 is 14.5 Å². The van der Waals surface area contributed by atoms with E-state index in [9.17, 15) is 4.79 Å². The second kappa shape index (κ2) is 7.66. The number of likely N-dealkylation sites (tertiary alicyclic amines) is 1. The van der Waals surface area contributed by atoms with Gasteiger partial charge in [0.05, 0.1) is 12.5 Å². The van der Waals surface area contributed by atoms with E-state index in [-0.39, 0.29) is 12.0 Å². The quantitative estimate of drug-likeness (QED) is 0.803. The molecule has 0 radical (unpaired) electrons. The van der Waals surface area contributed by atoms with Crippen LogP contribution in [0.15, 0.2) is 12.1 Å². The van der Waals surface area contributed by atoms with Crippen molar-refractivity contribution in [1.82, 2.24) is 24.7 Å². The lowest BCUT2D eigenvalue weighted by atomic mass is 9.95. The summed E-state index contributed by atoms with van der Waals surface area (Å²) in [5.74, 6) is 2.46. The van der Waals surface area contributed by atoms with Crippen molar-refractivity contribution < 1.29 is 9.53 Å². The third-order valence-electron chi connectivity index (χ3n) is 6.34. The summed E-state index contributed by atoms with van der Waals surface area (Å²) in [7, 11) is 0. The molecule has 0 aliphatic carbocycles. The van der Waals surface area contributed by atoms with E-state index in [1.165, 1.54) is 12.8 Å². The van der Waals surface area contributed by atoms with Gasteiger partial charge in [-0.1, -0.05) is 0 Å². The Hall–Kier alpha value is -2.22. The van der Waals surface area contributed by atoms with Crippen LogP contribution in [0.25, 0.3) is 5.65 Å². The summed E-state index contributed by atoms with van der Waals surface area (Å²) in [4.78, 5) is 16.9. The van der Waals surface area contributed by atoms with Gasteiger partial charge in [0.15, 0.2) is 11.5 Å². The topological polar surface area (TPSA) is 75.9 Å². The van der Waals surface area contributed by atoms with Gasteiger partial charge in [-0.3, -0.25) is 4.79 Å². The minimum Gasteiger partial charge on any atom is -0.378 e. The maximum atomic E-state index is 12.5. The minimum atomic E-state index is 0.124. The highest BCUT2D eigenvalue weighted by molar-refractivity contribution is 5.76. The number of hydrogen-bond donors (Lipinski definition) is 0. The van der Waals surface area contributed by atoms with Gasteiger partial charge in [-0.25, -0.2) is 0 Å². The molecule has 2 aromatic rings. The van der Waals surface area contributed by atoms with Crippen molar-refractivity contribution in [2.45, 2.75) is 57.0 Å². The fraction of sp³-hybridized carbons (Fsp3) is 0.700. The second-order valence-electron chi connectivity index (χ2n) is 8.21. The van der Waals surface area contributed by atoms with Crippen LogP contribution in [0.5, 0.6) is 0 Å².